The number of halogens is 1. The molecule has 4 heteroatoms. The summed E-state index contributed by atoms with van der Waals surface area (Å²) in [6, 6.07) is 5.81. The molecule has 0 saturated carbocycles. The van der Waals surface area contributed by atoms with Crippen molar-refractivity contribution >= 4 is 27.5 Å². The molecule has 0 spiro atoms. The minimum Gasteiger partial charge on any atom is -0.373 e. The molecule has 0 heterocycles. The second-order valence-corrected chi connectivity index (χ2v) is 5.35. The van der Waals surface area contributed by atoms with Crippen LogP contribution in [0.2, 0.25) is 0 Å². The van der Waals surface area contributed by atoms with Gasteiger partial charge in [-0.3, -0.25) is 4.79 Å². The van der Waals surface area contributed by atoms with Crippen LogP contribution in [0.5, 0.6) is 0 Å². The highest BCUT2D eigenvalue weighted by molar-refractivity contribution is 9.10. The molecule has 0 bridgehead atoms. The van der Waals surface area contributed by atoms with Crippen LogP contribution in [0.15, 0.2) is 22.7 Å². The lowest BCUT2D eigenvalue weighted by molar-refractivity contribution is -0.121. The molecule has 1 amide bonds. The van der Waals surface area contributed by atoms with Crippen molar-refractivity contribution in [3.63, 3.8) is 0 Å². The summed E-state index contributed by atoms with van der Waals surface area (Å²) >= 11 is 3.48. The van der Waals surface area contributed by atoms with Gasteiger partial charge in [-0.2, -0.15) is 0 Å². The van der Waals surface area contributed by atoms with Gasteiger partial charge in [0.15, 0.2) is 0 Å². The Morgan fingerprint density at radius 2 is 2.17 bits per heavy atom. The standard InChI is InChI=1S/C14H21BrN2O/c1-4-5-8-16-14(18)11(3)17-13-9-10(2)6-7-12(13)15/h6-7,9,11,17H,4-5,8H2,1-3H3,(H,16,18). The second-order valence-electron chi connectivity index (χ2n) is 4.49. The zero-order valence-electron chi connectivity index (χ0n) is 11.2. The lowest BCUT2D eigenvalue weighted by Gasteiger charge is -2.16. The summed E-state index contributed by atoms with van der Waals surface area (Å²) in [6.07, 6.45) is 2.11. The van der Waals surface area contributed by atoms with Crippen LogP contribution in [0.4, 0.5) is 5.69 Å². The van der Waals surface area contributed by atoms with Crippen LogP contribution >= 0.6 is 15.9 Å². The van der Waals surface area contributed by atoms with Gasteiger partial charge in [0.2, 0.25) is 5.91 Å². The van der Waals surface area contributed by atoms with Crippen molar-refractivity contribution in [1.29, 1.82) is 0 Å². The first-order valence-electron chi connectivity index (χ1n) is 6.35. The predicted octanol–water partition coefficient (Wildman–Crippen LogP) is 3.47. The van der Waals surface area contributed by atoms with Crippen molar-refractivity contribution in [3.05, 3.63) is 28.2 Å². The van der Waals surface area contributed by atoms with E-state index in [0.29, 0.717) is 0 Å². The van der Waals surface area contributed by atoms with Crippen molar-refractivity contribution in [1.82, 2.24) is 5.32 Å². The number of rotatable bonds is 6. The number of carbonyl (C=O) groups is 1. The monoisotopic (exact) mass is 312 g/mol. The fourth-order valence-corrected chi connectivity index (χ4v) is 1.95. The van der Waals surface area contributed by atoms with E-state index in [9.17, 15) is 4.79 Å². The number of amides is 1. The molecular formula is C14H21BrN2O. The average Bonchev–Trinajstić information content (AvgIpc) is 2.34. The molecule has 100 valence electrons. The summed E-state index contributed by atoms with van der Waals surface area (Å²) < 4.78 is 0.973. The van der Waals surface area contributed by atoms with Gasteiger partial charge in [-0.05, 0) is 53.9 Å². The molecule has 0 radical (unpaired) electrons. The molecule has 0 saturated heterocycles. The van der Waals surface area contributed by atoms with Gasteiger partial charge in [-0.1, -0.05) is 19.4 Å². The van der Waals surface area contributed by atoms with Crippen molar-refractivity contribution in [2.24, 2.45) is 0 Å². The van der Waals surface area contributed by atoms with E-state index in [4.69, 9.17) is 0 Å². The molecule has 0 aliphatic rings. The smallest absolute Gasteiger partial charge is 0.242 e. The predicted molar refractivity (Wildman–Crippen MR) is 79.9 cm³/mol. The van der Waals surface area contributed by atoms with Crippen LogP contribution in [-0.2, 0) is 4.79 Å². The van der Waals surface area contributed by atoms with E-state index in [0.717, 1.165) is 29.5 Å². The zero-order valence-corrected chi connectivity index (χ0v) is 12.8. The number of hydrogen-bond acceptors (Lipinski definition) is 2. The number of benzene rings is 1. The minimum atomic E-state index is -0.236. The molecule has 2 N–H and O–H groups in total. The first-order chi connectivity index (χ1) is 8.54. The maximum Gasteiger partial charge on any atom is 0.242 e. The van der Waals surface area contributed by atoms with E-state index >= 15 is 0 Å². The van der Waals surface area contributed by atoms with Crippen molar-refractivity contribution in [2.75, 3.05) is 11.9 Å². The maximum atomic E-state index is 11.8. The van der Waals surface area contributed by atoms with Crippen LogP contribution in [0.25, 0.3) is 0 Å². The molecule has 3 nitrogen and oxygen atoms in total. The summed E-state index contributed by atoms with van der Waals surface area (Å²) in [4.78, 5) is 11.8. The lowest BCUT2D eigenvalue weighted by Crippen LogP contribution is -2.38. The van der Waals surface area contributed by atoms with E-state index in [-0.39, 0.29) is 11.9 Å². The Bertz CT molecular complexity index is 407. The summed E-state index contributed by atoms with van der Waals surface area (Å²) in [7, 11) is 0. The fourth-order valence-electron chi connectivity index (χ4n) is 1.59. The SMILES string of the molecule is CCCCNC(=O)C(C)Nc1cc(C)ccc1Br. The highest BCUT2D eigenvalue weighted by atomic mass is 79.9. The number of unbranched alkanes of at least 4 members (excludes halogenated alkanes) is 1. The Labute approximate surface area is 117 Å². The number of aryl methyl sites for hydroxylation is 1. The van der Waals surface area contributed by atoms with Crippen LogP contribution in [0, 0.1) is 6.92 Å². The van der Waals surface area contributed by atoms with Gasteiger partial charge >= 0.3 is 0 Å². The molecule has 1 atom stereocenters. The summed E-state index contributed by atoms with van der Waals surface area (Å²) in [6.45, 7) is 6.76. The first-order valence-corrected chi connectivity index (χ1v) is 7.14. The van der Waals surface area contributed by atoms with Crippen LogP contribution < -0.4 is 10.6 Å². The molecule has 18 heavy (non-hydrogen) atoms. The van der Waals surface area contributed by atoms with E-state index < -0.39 is 0 Å². The van der Waals surface area contributed by atoms with Gasteiger partial charge in [-0.15, -0.1) is 0 Å². The van der Waals surface area contributed by atoms with Gasteiger partial charge in [0.05, 0.1) is 0 Å². The Morgan fingerprint density at radius 1 is 1.44 bits per heavy atom. The quantitative estimate of drug-likeness (QED) is 0.790. The van der Waals surface area contributed by atoms with Crippen molar-refractivity contribution in [2.45, 2.75) is 39.7 Å². The maximum absolute atomic E-state index is 11.8. The van der Waals surface area contributed by atoms with Gasteiger partial charge < -0.3 is 10.6 Å². The molecule has 1 rings (SSSR count). The summed E-state index contributed by atoms with van der Waals surface area (Å²) in [5, 5.41) is 6.14. The molecule has 0 aliphatic heterocycles. The van der Waals surface area contributed by atoms with E-state index in [2.05, 4.69) is 33.5 Å². The van der Waals surface area contributed by atoms with Crippen molar-refractivity contribution < 1.29 is 4.79 Å². The van der Waals surface area contributed by atoms with Crippen LogP contribution in [-0.4, -0.2) is 18.5 Å². The number of hydrogen-bond donors (Lipinski definition) is 2. The third kappa shape index (κ3) is 4.69. The largest absolute Gasteiger partial charge is 0.373 e. The van der Waals surface area contributed by atoms with Crippen LogP contribution in [0.1, 0.15) is 32.3 Å². The van der Waals surface area contributed by atoms with Crippen LogP contribution in [0.3, 0.4) is 0 Å². The topological polar surface area (TPSA) is 41.1 Å². The van der Waals surface area contributed by atoms with Gasteiger partial charge in [0, 0.05) is 16.7 Å². The normalized spacial score (nSPS) is 12.0. The molecule has 0 fully saturated rings. The minimum absolute atomic E-state index is 0.0388. The average molecular weight is 313 g/mol. The van der Waals surface area contributed by atoms with Crippen molar-refractivity contribution in [3.8, 4) is 0 Å². The summed E-state index contributed by atoms with van der Waals surface area (Å²) in [5.41, 5.74) is 2.12. The third-order valence-corrected chi connectivity index (χ3v) is 3.41. The number of anilines is 1. The second kappa shape index (κ2) is 7.41. The molecule has 1 aromatic rings. The molecule has 1 aromatic carbocycles. The molecule has 0 aliphatic carbocycles. The summed E-state index contributed by atoms with van der Waals surface area (Å²) in [5.74, 6) is 0.0388. The van der Waals surface area contributed by atoms with E-state index in [1.54, 1.807) is 0 Å². The van der Waals surface area contributed by atoms with Gasteiger partial charge in [0.1, 0.15) is 6.04 Å². The van der Waals surface area contributed by atoms with Gasteiger partial charge in [-0.25, -0.2) is 0 Å². The molecule has 1 unspecified atom stereocenters. The van der Waals surface area contributed by atoms with Gasteiger partial charge in [0.25, 0.3) is 0 Å². The Hall–Kier alpha value is -1.03. The van der Waals surface area contributed by atoms with E-state index in [1.165, 1.54) is 5.56 Å². The fraction of sp³-hybridized carbons (Fsp3) is 0.500. The van der Waals surface area contributed by atoms with E-state index in [1.807, 2.05) is 32.0 Å². The third-order valence-electron chi connectivity index (χ3n) is 2.72. The highest BCUT2D eigenvalue weighted by Gasteiger charge is 2.13. The lowest BCUT2D eigenvalue weighted by atomic mass is 10.2. The Morgan fingerprint density at radius 3 is 2.83 bits per heavy atom. The molecular weight excluding hydrogens is 292 g/mol. The highest BCUT2D eigenvalue weighted by Crippen LogP contribution is 2.23. The Balaban J connectivity index is 2.55. The molecule has 0 aromatic heterocycles. The number of nitrogens with one attached hydrogen (secondary N) is 2. The zero-order chi connectivity index (χ0) is 13.5. The Kier molecular flexibility index (Phi) is 6.19. The number of carbonyl (C=O) groups excluding carboxylic acids is 1. The first kappa shape index (κ1) is 15.0.